The lowest BCUT2D eigenvalue weighted by molar-refractivity contribution is -0.149. The van der Waals surface area contributed by atoms with Gasteiger partial charge in [-0.2, -0.15) is 0 Å². The molecule has 0 atom stereocenters. The maximum atomic E-state index is 12.3. The predicted octanol–water partition coefficient (Wildman–Crippen LogP) is 2.26. The zero-order chi connectivity index (χ0) is 13.1. The van der Waals surface area contributed by atoms with E-state index in [1.807, 2.05) is 0 Å². The van der Waals surface area contributed by atoms with Gasteiger partial charge in [-0.05, 0) is 54.4 Å². The Bertz CT molecular complexity index is 331. The highest BCUT2D eigenvalue weighted by atomic mass is 16.2. The first-order valence-electron chi connectivity index (χ1n) is 6.65. The van der Waals surface area contributed by atoms with Gasteiger partial charge in [0.1, 0.15) is 0 Å². The number of nitrogens with zero attached hydrogens (tertiary/aromatic N) is 2. The second kappa shape index (κ2) is 3.47. The van der Waals surface area contributed by atoms with Crippen LogP contribution < -0.4 is 0 Å². The van der Waals surface area contributed by atoms with Gasteiger partial charge >= 0.3 is 0 Å². The van der Waals surface area contributed by atoms with E-state index in [-0.39, 0.29) is 22.5 Å². The van der Waals surface area contributed by atoms with Crippen LogP contribution in [0.5, 0.6) is 0 Å². The second-order valence-electron chi connectivity index (χ2n) is 7.63. The summed E-state index contributed by atoms with van der Waals surface area (Å²) in [7, 11) is 0. The van der Waals surface area contributed by atoms with Crippen LogP contribution in [0.15, 0.2) is 0 Å². The molecule has 1 spiro atoms. The van der Waals surface area contributed by atoms with Gasteiger partial charge in [0.2, 0.25) is 5.91 Å². The first-order chi connectivity index (χ1) is 7.56. The van der Waals surface area contributed by atoms with Gasteiger partial charge in [-0.25, -0.2) is 0 Å². The summed E-state index contributed by atoms with van der Waals surface area (Å²) in [6, 6.07) is 0. The average molecular weight is 238 g/mol. The Hall–Kier alpha value is -0.570. The van der Waals surface area contributed by atoms with E-state index in [0.29, 0.717) is 6.54 Å². The third-order valence-electron chi connectivity index (χ3n) is 4.07. The van der Waals surface area contributed by atoms with Crippen molar-refractivity contribution < 1.29 is 4.79 Å². The molecule has 0 aromatic rings. The molecule has 1 aliphatic carbocycles. The highest BCUT2D eigenvalue weighted by Gasteiger charge is 2.57. The van der Waals surface area contributed by atoms with Gasteiger partial charge in [0, 0.05) is 23.2 Å². The molecule has 0 aromatic heterocycles. The molecule has 2 aliphatic rings. The standard InChI is InChI=1S/C14H26N2O/c1-12(2,3)15-10-14(7-8-14)16(9-11(15)17)13(4,5)6/h7-10H2,1-6H3. The molecule has 2 rings (SSSR count). The van der Waals surface area contributed by atoms with Crippen LogP contribution in [-0.4, -0.2) is 45.4 Å². The van der Waals surface area contributed by atoms with Crippen LogP contribution in [0.2, 0.25) is 0 Å². The molecule has 2 fully saturated rings. The minimum absolute atomic E-state index is 0.0450. The van der Waals surface area contributed by atoms with Crippen LogP contribution in [0.1, 0.15) is 54.4 Å². The van der Waals surface area contributed by atoms with Crippen molar-refractivity contribution in [3.63, 3.8) is 0 Å². The van der Waals surface area contributed by atoms with Crippen LogP contribution >= 0.6 is 0 Å². The lowest BCUT2D eigenvalue weighted by Gasteiger charge is -2.51. The first-order valence-corrected chi connectivity index (χ1v) is 6.65. The van der Waals surface area contributed by atoms with E-state index in [4.69, 9.17) is 0 Å². The molecule has 3 heteroatoms. The van der Waals surface area contributed by atoms with Crippen molar-refractivity contribution in [2.45, 2.75) is 71.0 Å². The highest BCUT2D eigenvalue weighted by molar-refractivity contribution is 5.80. The van der Waals surface area contributed by atoms with E-state index in [1.165, 1.54) is 12.8 Å². The van der Waals surface area contributed by atoms with Gasteiger partial charge in [0.05, 0.1) is 6.54 Å². The van der Waals surface area contributed by atoms with E-state index in [0.717, 1.165) is 6.54 Å². The maximum Gasteiger partial charge on any atom is 0.237 e. The minimum atomic E-state index is -0.0450. The summed E-state index contributed by atoms with van der Waals surface area (Å²) in [4.78, 5) is 16.8. The molecule has 1 saturated carbocycles. The lowest BCUT2D eigenvalue weighted by atomic mass is 9.95. The number of carbonyl (C=O) groups is 1. The molecule has 98 valence electrons. The number of amides is 1. The van der Waals surface area contributed by atoms with Crippen molar-refractivity contribution in [3.05, 3.63) is 0 Å². The molecule has 0 bridgehead atoms. The number of hydrogen-bond acceptors (Lipinski definition) is 2. The smallest absolute Gasteiger partial charge is 0.237 e. The Morgan fingerprint density at radius 1 is 1.00 bits per heavy atom. The normalized spacial score (nSPS) is 25.5. The van der Waals surface area contributed by atoms with Crippen molar-refractivity contribution in [2.24, 2.45) is 0 Å². The van der Waals surface area contributed by atoms with E-state index in [9.17, 15) is 4.79 Å². The number of piperazine rings is 1. The van der Waals surface area contributed by atoms with E-state index in [1.54, 1.807) is 0 Å². The Balaban J connectivity index is 2.23. The van der Waals surface area contributed by atoms with E-state index >= 15 is 0 Å². The maximum absolute atomic E-state index is 12.3. The zero-order valence-electron chi connectivity index (χ0n) is 12.1. The predicted molar refractivity (Wildman–Crippen MR) is 69.9 cm³/mol. The third-order valence-corrected chi connectivity index (χ3v) is 4.07. The molecular formula is C14H26N2O. The Labute approximate surface area is 105 Å². The quantitative estimate of drug-likeness (QED) is 0.646. The average Bonchev–Trinajstić information content (AvgIpc) is 2.86. The molecule has 0 aromatic carbocycles. The molecule has 1 heterocycles. The van der Waals surface area contributed by atoms with Gasteiger partial charge in [-0.3, -0.25) is 9.69 Å². The molecule has 0 unspecified atom stereocenters. The van der Waals surface area contributed by atoms with Gasteiger partial charge in [0.25, 0.3) is 0 Å². The van der Waals surface area contributed by atoms with Crippen LogP contribution in [0, 0.1) is 0 Å². The van der Waals surface area contributed by atoms with E-state index in [2.05, 4.69) is 51.3 Å². The molecule has 1 saturated heterocycles. The van der Waals surface area contributed by atoms with Crippen molar-refractivity contribution in [3.8, 4) is 0 Å². The summed E-state index contributed by atoms with van der Waals surface area (Å²) in [5.74, 6) is 0.282. The van der Waals surface area contributed by atoms with Crippen molar-refractivity contribution in [1.82, 2.24) is 9.80 Å². The molecule has 0 radical (unpaired) electrons. The summed E-state index contributed by atoms with van der Waals surface area (Å²) in [6.07, 6.45) is 2.48. The van der Waals surface area contributed by atoms with Gasteiger partial charge < -0.3 is 4.90 Å². The van der Waals surface area contributed by atoms with Crippen molar-refractivity contribution in [2.75, 3.05) is 13.1 Å². The van der Waals surface area contributed by atoms with Gasteiger partial charge in [0.15, 0.2) is 0 Å². The molecular weight excluding hydrogens is 212 g/mol. The summed E-state index contributed by atoms with van der Waals surface area (Å²) in [5, 5.41) is 0. The minimum Gasteiger partial charge on any atom is -0.335 e. The fraction of sp³-hybridized carbons (Fsp3) is 0.929. The van der Waals surface area contributed by atoms with Gasteiger partial charge in [-0.15, -0.1) is 0 Å². The Kier molecular flexibility index (Phi) is 2.63. The second-order valence-corrected chi connectivity index (χ2v) is 7.63. The van der Waals surface area contributed by atoms with E-state index < -0.39 is 0 Å². The SMILES string of the molecule is CC(C)(C)N1CC2(CC2)N(C(C)(C)C)CC1=O. The monoisotopic (exact) mass is 238 g/mol. The Morgan fingerprint density at radius 3 is 1.88 bits per heavy atom. The van der Waals surface area contributed by atoms with Crippen molar-refractivity contribution >= 4 is 5.91 Å². The molecule has 1 amide bonds. The summed E-state index contributed by atoms with van der Waals surface area (Å²) < 4.78 is 0. The fourth-order valence-electron chi connectivity index (χ4n) is 2.99. The molecule has 3 nitrogen and oxygen atoms in total. The number of rotatable bonds is 0. The van der Waals surface area contributed by atoms with Crippen LogP contribution in [0.3, 0.4) is 0 Å². The molecule has 0 N–H and O–H groups in total. The van der Waals surface area contributed by atoms with Crippen LogP contribution in [0.4, 0.5) is 0 Å². The summed E-state index contributed by atoms with van der Waals surface area (Å²) in [6.45, 7) is 14.5. The number of carbonyl (C=O) groups excluding carboxylic acids is 1. The highest BCUT2D eigenvalue weighted by Crippen LogP contribution is 2.48. The topological polar surface area (TPSA) is 23.6 Å². The van der Waals surface area contributed by atoms with Gasteiger partial charge in [-0.1, -0.05) is 0 Å². The summed E-state index contributed by atoms with van der Waals surface area (Å²) >= 11 is 0. The lowest BCUT2D eigenvalue weighted by Crippen LogP contribution is -2.66. The third kappa shape index (κ3) is 2.22. The van der Waals surface area contributed by atoms with Crippen molar-refractivity contribution in [1.29, 1.82) is 0 Å². The first kappa shape index (κ1) is 12.9. The largest absolute Gasteiger partial charge is 0.335 e. The molecule has 1 aliphatic heterocycles. The number of hydrogen-bond donors (Lipinski definition) is 0. The Morgan fingerprint density at radius 2 is 1.53 bits per heavy atom. The fourth-order valence-corrected chi connectivity index (χ4v) is 2.99. The van der Waals surface area contributed by atoms with Crippen LogP contribution in [-0.2, 0) is 4.79 Å². The molecule has 17 heavy (non-hydrogen) atoms. The van der Waals surface area contributed by atoms with Crippen LogP contribution in [0.25, 0.3) is 0 Å². The summed E-state index contributed by atoms with van der Waals surface area (Å²) in [5.41, 5.74) is 0.326. The zero-order valence-corrected chi connectivity index (χ0v) is 12.1.